The van der Waals surface area contributed by atoms with Gasteiger partial charge in [0.25, 0.3) is 0 Å². The molecule has 1 unspecified atom stereocenters. The van der Waals surface area contributed by atoms with E-state index in [1.165, 1.54) is 32.3 Å². The van der Waals surface area contributed by atoms with Crippen LogP contribution in [0.25, 0.3) is 10.9 Å². The van der Waals surface area contributed by atoms with E-state index in [0.29, 0.717) is 46.8 Å². The van der Waals surface area contributed by atoms with Gasteiger partial charge in [-0.1, -0.05) is 11.6 Å². The van der Waals surface area contributed by atoms with E-state index < -0.39 is 5.82 Å². The fourth-order valence-electron chi connectivity index (χ4n) is 5.42. The topological polar surface area (TPSA) is 59.5 Å². The van der Waals surface area contributed by atoms with Crippen LogP contribution in [-0.2, 0) is 0 Å². The molecule has 1 saturated carbocycles. The van der Waals surface area contributed by atoms with Crippen molar-refractivity contribution in [3.63, 3.8) is 0 Å². The van der Waals surface area contributed by atoms with Crippen molar-refractivity contribution in [2.24, 2.45) is 17.8 Å². The Labute approximate surface area is 214 Å². The Hall–Kier alpha value is -2.35. The van der Waals surface area contributed by atoms with Gasteiger partial charge in [0.15, 0.2) is 28.9 Å². The first-order valence-electron chi connectivity index (χ1n) is 12.0. The van der Waals surface area contributed by atoms with E-state index in [-0.39, 0.29) is 15.7 Å². The van der Waals surface area contributed by atoms with Crippen molar-refractivity contribution in [2.45, 2.75) is 32.7 Å². The molecule has 5 rings (SSSR count). The molecule has 9 heteroatoms. The van der Waals surface area contributed by atoms with Crippen LogP contribution in [0.5, 0.6) is 11.5 Å². The quantitative estimate of drug-likeness (QED) is 0.409. The van der Waals surface area contributed by atoms with Crippen LogP contribution in [0.15, 0.2) is 30.6 Å². The number of nitrogens with zero attached hydrogens (tertiary/aromatic N) is 3. The summed E-state index contributed by atoms with van der Waals surface area (Å²) in [6.07, 6.45) is 3.84. The first-order valence-corrected chi connectivity index (χ1v) is 12.7. The molecule has 1 aliphatic carbocycles. The summed E-state index contributed by atoms with van der Waals surface area (Å²) in [5.74, 6) is 3.14. The first kappa shape index (κ1) is 24.3. The molecule has 3 atom stereocenters. The number of aromatic nitrogens is 2. The Morgan fingerprint density at radius 3 is 2.60 bits per heavy atom. The van der Waals surface area contributed by atoms with Crippen LogP contribution < -0.4 is 14.8 Å². The second-order valence-electron chi connectivity index (χ2n) is 9.82. The highest BCUT2D eigenvalue weighted by Gasteiger charge is 2.41. The van der Waals surface area contributed by atoms with E-state index in [9.17, 15) is 4.39 Å². The molecule has 35 heavy (non-hydrogen) atoms. The largest absolute Gasteiger partial charge is 0.493 e. The monoisotopic (exact) mass is 519 g/mol. The molecule has 2 aliphatic rings. The summed E-state index contributed by atoms with van der Waals surface area (Å²) in [5.41, 5.74) is 0.853. The summed E-state index contributed by atoms with van der Waals surface area (Å²) < 4.78 is 26.5. The molecule has 0 spiro atoms. The molecule has 2 fully saturated rings. The highest BCUT2D eigenvalue weighted by Crippen LogP contribution is 2.43. The molecule has 1 N–H and O–H groups in total. The van der Waals surface area contributed by atoms with Gasteiger partial charge < -0.3 is 19.7 Å². The molecule has 0 amide bonds. The van der Waals surface area contributed by atoms with Crippen molar-refractivity contribution in [1.29, 1.82) is 0 Å². The van der Waals surface area contributed by atoms with Gasteiger partial charge in [-0.15, -0.1) is 0 Å². The Morgan fingerprint density at radius 2 is 1.91 bits per heavy atom. The van der Waals surface area contributed by atoms with Gasteiger partial charge in [-0.3, -0.25) is 0 Å². The van der Waals surface area contributed by atoms with Gasteiger partial charge in [-0.05, 0) is 56.6 Å². The molecule has 186 valence electrons. The predicted octanol–water partition coefficient (Wildman–Crippen LogP) is 5.62. The number of benzene rings is 2. The van der Waals surface area contributed by atoms with Gasteiger partial charge >= 0.3 is 0 Å². The standard InChI is InChI=1S/C26H30Cl2FN4O2/c1-14(2)33-10-16-6-15(7-17(16)11-33)12-35-23-9-21-18(8-22(23)34-3)26(31-13-30-21)32-20-5-4-19(27)24(28)25(20)29/h4-5,8-9,13-17,27H,6-7,10-12H2,1-3H3,(H,30,31,32)/q+1/t15?,16-,17+. The number of ether oxygens (including phenoxy) is 2. The van der Waals surface area contributed by atoms with Crippen LogP contribution in [0.2, 0.25) is 10.0 Å². The number of likely N-dealkylation sites (tertiary alicyclic amines) is 1. The van der Waals surface area contributed by atoms with Gasteiger partial charge in [0.2, 0.25) is 5.02 Å². The molecular weight excluding hydrogens is 490 g/mol. The number of halogens is 3. The van der Waals surface area contributed by atoms with Crippen molar-refractivity contribution >= 4 is 34.0 Å². The van der Waals surface area contributed by atoms with Gasteiger partial charge in [-0.25, -0.2) is 14.4 Å². The summed E-state index contributed by atoms with van der Waals surface area (Å²) in [5, 5.41) is 3.85. The highest BCUT2D eigenvalue weighted by molar-refractivity contribution is 6.31. The van der Waals surface area contributed by atoms with Gasteiger partial charge in [0.1, 0.15) is 17.2 Å². The van der Waals surface area contributed by atoms with Crippen molar-refractivity contribution in [2.75, 3.05) is 32.1 Å². The fourth-order valence-corrected chi connectivity index (χ4v) is 5.74. The maximum atomic E-state index is 14.6. The summed E-state index contributed by atoms with van der Waals surface area (Å²) >= 11 is 11.0. The fraction of sp³-hybridized carbons (Fsp3) is 0.462. The molecule has 1 aliphatic heterocycles. The number of hydrogen-bond donors (Lipinski definition) is 1. The Bertz CT molecular complexity index is 1230. The zero-order valence-electron chi connectivity index (χ0n) is 20.1. The Balaban J connectivity index is 1.32. The summed E-state index contributed by atoms with van der Waals surface area (Å²) in [7, 11) is 1.60. The van der Waals surface area contributed by atoms with Crippen LogP contribution in [0.1, 0.15) is 26.7 Å². The van der Waals surface area contributed by atoms with Crippen molar-refractivity contribution in [3.05, 3.63) is 46.5 Å². The predicted molar refractivity (Wildman–Crippen MR) is 133 cm³/mol. The Morgan fingerprint density at radius 1 is 1.17 bits per heavy atom. The molecule has 1 saturated heterocycles. The normalized spacial score (nSPS) is 22.1. The average molecular weight is 520 g/mol. The smallest absolute Gasteiger partial charge is 0.247 e. The molecule has 0 radical (unpaired) electrons. The summed E-state index contributed by atoms with van der Waals surface area (Å²) in [4.78, 5) is 11.3. The Kier molecular flexibility index (Phi) is 6.93. The second kappa shape index (κ2) is 9.96. The molecule has 3 aromatic rings. The van der Waals surface area contributed by atoms with E-state index in [1.807, 2.05) is 12.1 Å². The minimum absolute atomic E-state index is 0.0930. The highest BCUT2D eigenvalue weighted by atomic mass is 35.5. The van der Waals surface area contributed by atoms with Gasteiger partial charge in [-0.2, -0.15) is 0 Å². The van der Waals surface area contributed by atoms with Crippen LogP contribution in [0.3, 0.4) is 0 Å². The van der Waals surface area contributed by atoms with Crippen LogP contribution in [-0.4, -0.2) is 47.7 Å². The maximum absolute atomic E-state index is 14.6. The minimum atomic E-state index is -0.615. The van der Waals surface area contributed by atoms with Gasteiger partial charge in [0.05, 0.1) is 24.9 Å². The third-order valence-corrected chi connectivity index (χ3v) is 8.12. The lowest BCUT2D eigenvalue weighted by atomic mass is 10.0. The zero-order valence-corrected chi connectivity index (χ0v) is 21.6. The number of anilines is 2. The van der Waals surface area contributed by atoms with Crippen LogP contribution in [0, 0.1) is 35.2 Å². The molecular formula is C26H30Cl2FN4O2+. The van der Waals surface area contributed by atoms with E-state index in [4.69, 9.17) is 32.7 Å². The number of fused-ring (bicyclic) bond motifs is 2. The SMILES string of the molecule is COc1cc2c(Nc3ccc([ClH+])c(Cl)c3F)ncnc2cc1OCC1C[C@@H]2CN(C(C)C)C[C@@H]2C1. The second-order valence-corrected chi connectivity index (χ2v) is 10.6. The number of nitrogens with one attached hydrogen (secondary N) is 1. The van der Waals surface area contributed by atoms with E-state index in [0.717, 1.165) is 11.8 Å². The van der Waals surface area contributed by atoms with Crippen LogP contribution in [0.4, 0.5) is 15.9 Å². The van der Waals surface area contributed by atoms with Gasteiger partial charge in [0, 0.05) is 36.7 Å². The lowest BCUT2D eigenvalue weighted by molar-refractivity contribution is -0.288. The molecule has 0 bridgehead atoms. The number of methoxy groups -OCH3 is 1. The number of rotatable bonds is 7. The molecule has 2 heterocycles. The minimum Gasteiger partial charge on any atom is -0.493 e. The van der Waals surface area contributed by atoms with Crippen molar-refractivity contribution < 1.29 is 25.5 Å². The molecule has 1 aromatic heterocycles. The third kappa shape index (κ3) is 4.86. The average Bonchev–Trinajstić information content (AvgIpc) is 3.42. The van der Waals surface area contributed by atoms with E-state index >= 15 is 0 Å². The van der Waals surface area contributed by atoms with E-state index in [2.05, 4.69) is 34.0 Å². The summed E-state index contributed by atoms with van der Waals surface area (Å²) in [6.45, 7) is 7.61. The number of hydrogen-bond acceptors (Lipinski definition) is 6. The lowest BCUT2D eigenvalue weighted by Gasteiger charge is -2.22. The zero-order chi connectivity index (χ0) is 24.7. The van der Waals surface area contributed by atoms with Crippen LogP contribution >= 0.6 is 11.6 Å². The maximum Gasteiger partial charge on any atom is 0.247 e. The third-order valence-electron chi connectivity index (χ3n) is 7.30. The first-order chi connectivity index (χ1) is 16.8. The summed E-state index contributed by atoms with van der Waals surface area (Å²) in [6, 6.07) is 7.42. The molecule has 6 nitrogen and oxygen atoms in total. The van der Waals surface area contributed by atoms with Crippen molar-refractivity contribution in [3.8, 4) is 11.5 Å². The molecule has 2 aromatic carbocycles. The van der Waals surface area contributed by atoms with Crippen molar-refractivity contribution in [1.82, 2.24) is 14.9 Å². The van der Waals surface area contributed by atoms with E-state index in [1.54, 1.807) is 19.2 Å². The lowest BCUT2D eigenvalue weighted by Crippen LogP contribution is -2.29.